The van der Waals surface area contributed by atoms with Gasteiger partial charge in [-0.15, -0.1) is 0 Å². The van der Waals surface area contributed by atoms with E-state index < -0.39 is 0 Å². The van der Waals surface area contributed by atoms with E-state index in [4.69, 9.17) is 26.5 Å². The molecule has 0 atom stereocenters. The third-order valence-corrected chi connectivity index (χ3v) is 28.3. The van der Waals surface area contributed by atoms with Gasteiger partial charge in [0.2, 0.25) is 0 Å². The quantitative estimate of drug-likeness (QED) is 0.121. The number of fused-ring (bicyclic) bond motifs is 24. The molecule has 9 heteroatoms. The Balaban J connectivity index is 0.000000104. The molecule has 21 aromatic carbocycles. The first kappa shape index (κ1) is 80.5. The van der Waals surface area contributed by atoms with Crippen LogP contribution < -0.4 is 0 Å². The second-order valence-electron chi connectivity index (χ2n) is 36.3. The molecule has 0 aliphatic carbocycles. The second kappa shape index (κ2) is 33.0. The van der Waals surface area contributed by atoms with Crippen LogP contribution >= 0.6 is 0 Å². The summed E-state index contributed by atoms with van der Waals surface area (Å²) in [5, 5.41) is 13.4. The highest BCUT2D eigenvalue weighted by Gasteiger charge is 2.28. The third kappa shape index (κ3) is 13.3. The van der Waals surface area contributed by atoms with Gasteiger partial charge in [-0.3, -0.25) is 0 Å². The van der Waals surface area contributed by atoms with Gasteiger partial charge in [-0.1, -0.05) is 364 Å². The van der Waals surface area contributed by atoms with E-state index in [2.05, 4.69) is 487 Å². The van der Waals surface area contributed by atoms with E-state index in [1.165, 1.54) is 16.7 Å². The van der Waals surface area contributed by atoms with Crippen molar-refractivity contribution >= 4 is 165 Å². The third-order valence-electron chi connectivity index (χ3n) is 28.3. The molecule has 0 N–H and O–H groups in total. The fraction of sp³-hybridized carbons (Fsp3) is 0. The molecule has 30 rings (SSSR count). The number of hydrogen-bond donors (Lipinski definition) is 0. The van der Waals surface area contributed by atoms with Crippen molar-refractivity contribution in [2.75, 3.05) is 0 Å². The van der Waals surface area contributed by atoms with Crippen molar-refractivity contribution < 1.29 is 26.5 Å². The molecule has 141 heavy (non-hydrogen) atoms. The molecule has 0 fully saturated rings. The first-order valence-electron chi connectivity index (χ1n) is 47.8. The molecule has 9 heterocycles. The Kier molecular flexibility index (Phi) is 18.8. The van der Waals surface area contributed by atoms with Gasteiger partial charge in [0.25, 0.3) is 0 Å². The molecule has 9 nitrogen and oxygen atoms in total. The van der Waals surface area contributed by atoms with Crippen LogP contribution in [0.5, 0.6) is 0 Å². The number of aromatic nitrogens is 3. The van der Waals surface area contributed by atoms with Crippen molar-refractivity contribution in [3.63, 3.8) is 0 Å². The summed E-state index contributed by atoms with van der Waals surface area (Å²) in [5.74, 6) is 0. The molecular formula is C132H81N3O6. The summed E-state index contributed by atoms with van der Waals surface area (Å²) < 4.78 is 46.8. The number of nitrogens with zero attached hydrogens (tertiary/aromatic N) is 3. The van der Waals surface area contributed by atoms with Crippen molar-refractivity contribution in [2.24, 2.45) is 0 Å². The monoisotopic (exact) mass is 1800 g/mol. The zero-order valence-corrected chi connectivity index (χ0v) is 76.1. The minimum Gasteiger partial charge on any atom is -0.456 e. The van der Waals surface area contributed by atoms with Crippen LogP contribution in [0.1, 0.15) is 0 Å². The van der Waals surface area contributed by atoms with Crippen LogP contribution in [0.4, 0.5) is 0 Å². The smallest absolute Gasteiger partial charge is 0.161 e. The molecule has 0 saturated carbocycles. The summed E-state index contributed by atoms with van der Waals surface area (Å²) in [5.41, 5.74) is 41.1. The molecule has 660 valence electrons. The second-order valence-corrected chi connectivity index (χ2v) is 36.3. The summed E-state index contributed by atoms with van der Waals surface area (Å²) in [4.78, 5) is 0. The Morgan fingerprint density at radius 2 is 0.355 bits per heavy atom. The molecule has 0 unspecified atom stereocenters. The fourth-order valence-corrected chi connectivity index (χ4v) is 21.7. The lowest BCUT2D eigenvalue weighted by atomic mass is 9.97. The van der Waals surface area contributed by atoms with Crippen molar-refractivity contribution in [1.29, 1.82) is 0 Å². The maximum atomic E-state index is 6.77. The lowest BCUT2D eigenvalue weighted by Gasteiger charge is -2.08. The molecule has 30 aromatic rings. The zero-order chi connectivity index (χ0) is 92.7. The van der Waals surface area contributed by atoms with Crippen molar-refractivity contribution in [2.45, 2.75) is 0 Å². The minimum atomic E-state index is 0.893. The molecule has 0 spiro atoms. The van der Waals surface area contributed by atoms with Crippen molar-refractivity contribution in [1.82, 2.24) is 13.7 Å². The largest absolute Gasteiger partial charge is 0.456 e. The number of furan rings is 6. The Labute approximate surface area is 807 Å². The Morgan fingerprint density at radius 1 is 0.121 bits per heavy atom. The van der Waals surface area contributed by atoms with Gasteiger partial charge in [-0.05, 0) is 194 Å². The van der Waals surface area contributed by atoms with Crippen LogP contribution in [-0.2, 0) is 0 Å². The maximum absolute atomic E-state index is 6.77. The first-order valence-corrected chi connectivity index (χ1v) is 47.8. The van der Waals surface area contributed by atoms with Gasteiger partial charge in [0.15, 0.2) is 16.7 Å². The number of benzene rings is 21. The van der Waals surface area contributed by atoms with Gasteiger partial charge in [0.05, 0.1) is 16.6 Å². The highest BCUT2D eigenvalue weighted by atomic mass is 16.4. The van der Waals surface area contributed by atoms with E-state index >= 15 is 0 Å². The van der Waals surface area contributed by atoms with Gasteiger partial charge in [-0.25, -0.2) is 0 Å². The predicted molar refractivity (Wildman–Crippen MR) is 582 cm³/mol. The molecule has 0 amide bonds. The average Bonchev–Trinajstić information content (AvgIpc) is 1.56. The van der Waals surface area contributed by atoms with Crippen molar-refractivity contribution in [3.8, 4) is 117 Å². The molecule has 0 aliphatic heterocycles. The summed E-state index contributed by atoms with van der Waals surface area (Å²) in [6.07, 6.45) is 0. The van der Waals surface area contributed by atoms with Crippen LogP contribution in [0.2, 0.25) is 0 Å². The van der Waals surface area contributed by atoms with E-state index in [0.29, 0.717) is 0 Å². The van der Waals surface area contributed by atoms with Gasteiger partial charge in [0, 0.05) is 115 Å². The number of hydrogen-bond acceptors (Lipinski definition) is 6. The molecule has 0 saturated heterocycles. The highest BCUT2D eigenvalue weighted by molar-refractivity contribution is 6.23. The fourth-order valence-electron chi connectivity index (χ4n) is 21.7. The van der Waals surface area contributed by atoms with E-state index in [0.717, 1.165) is 265 Å². The Morgan fingerprint density at radius 3 is 0.702 bits per heavy atom. The summed E-state index contributed by atoms with van der Waals surface area (Å²) in [7, 11) is 0. The van der Waals surface area contributed by atoms with Crippen LogP contribution in [-0.4, -0.2) is 13.7 Å². The standard InChI is InChI=1S/3C44H27NO2/c1-3-12-28(13-4-1)32-17-9-20-35-36-21-10-18-33(42(36)46-41(32)35)29-24-26-30(27-25-29)34-19-11-22-38-40-44(47-43(34)38)37-16-7-8-23-39(37)45(40)31-14-5-2-6-15-31;1-3-11-28(12-4-1)31-25-26-40-38(27-31)35-18-9-16-33(42(35)46-40)29-21-23-30(24-22-29)34-17-10-19-37-41-44(47-43(34)37)36-15-7-8-20-39(36)45(41)32-13-5-2-6-14-32;1-3-10-28(11-4-1)31-22-24-35-36-25-23-32(27-41(36)46-40(35)26-31)29-18-20-30(21-19-29)34-15-9-16-38-42-44(47-43(34)38)37-14-7-8-17-39(37)45(42)33-12-5-2-6-13-33/h3*1-27H. The van der Waals surface area contributed by atoms with E-state index in [9.17, 15) is 0 Å². The Bertz CT molecular complexity index is 10100. The summed E-state index contributed by atoms with van der Waals surface area (Å²) >= 11 is 0. The molecule has 0 radical (unpaired) electrons. The van der Waals surface area contributed by atoms with Gasteiger partial charge >= 0.3 is 0 Å². The predicted octanol–water partition coefficient (Wildman–Crippen LogP) is 37.3. The SMILES string of the molecule is c1ccc(-c2ccc3c(c2)oc2cc(-c4ccc(-c5cccc6c5oc5c7ccccc7n(-c7ccccc7)c65)cc4)ccc23)cc1.c1ccc(-c2ccc3oc4c(-c5ccc(-c6cccc7c6oc6c8ccccc8n(-c8ccccc8)c76)cc5)cccc4c3c2)cc1.c1ccc(-c2cccc3c2oc2c(-c4ccc(-c5cccc6c5oc5c7ccccc7n(-c7ccccc7)c65)cc4)cccc23)cc1. The van der Waals surface area contributed by atoms with E-state index in [1.807, 2.05) is 18.2 Å². The molecular weight excluding hydrogens is 1720 g/mol. The normalized spacial score (nSPS) is 11.8. The molecule has 0 aliphatic rings. The summed E-state index contributed by atoms with van der Waals surface area (Å²) in [6.45, 7) is 0. The van der Waals surface area contributed by atoms with Gasteiger partial charge in [-0.2, -0.15) is 0 Å². The number of para-hydroxylation sites is 12. The van der Waals surface area contributed by atoms with E-state index in [-0.39, 0.29) is 0 Å². The van der Waals surface area contributed by atoms with Crippen LogP contribution in [0, 0.1) is 0 Å². The van der Waals surface area contributed by atoms with Crippen LogP contribution in [0.3, 0.4) is 0 Å². The molecule has 0 bridgehead atoms. The number of rotatable bonds is 12. The van der Waals surface area contributed by atoms with Gasteiger partial charge < -0.3 is 40.2 Å². The summed E-state index contributed by atoms with van der Waals surface area (Å²) in [6, 6.07) is 173. The maximum Gasteiger partial charge on any atom is 0.161 e. The van der Waals surface area contributed by atoms with Gasteiger partial charge in [0.1, 0.15) is 66.8 Å². The molecule has 9 aromatic heterocycles. The van der Waals surface area contributed by atoms with E-state index in [1.54, 1.807) is 0 Å². The lowest BCUT2D eigenvalue weighted by molar-refractivity contribution is 0.669. The topological polar surface area (TPSA) is 93.6 Å². The highest BCUT2D eigenvalue weighted by Crippen LogP contribution is 2.50. The van der Waals surface area contributed by atoms with Crippen LogP contribution in [0.15, 0.2) is 518 Å². The first-order chi connectivity index (χ1) is 69.9. The lowest BCUT2D eigenvalue weighted by Crippen LogP contribution is -1.92. The average molecular weight is 1810 g/mol. The minimum absolute atomic E-state index is 0.893. The zero-order valence-electron chi connectivity index (χ0n) is 76.1. The Hall–Kier alpha value is -19.0. The van der Waals surface area contributed by atoms with Crippen LogP contribution in [0.25, 0.3) is 282 Å². The van der Waals surface area contributed by atoms with Crippen molar-refractivity contribution in [3.05, 3.63) is 491 Å².